The summed E-state index contributed by atoms with van der Waals surface area (Å²) < 4.78 is 0. The maximum atomic E-state index is 13.0. The van der Waals surface area contributed by atoms with Gasteiger partial charge in [-0.1, -0.05) is 23.7 Å². The molecule has 4 rings (SSSR count). The van der Waals surface area contributed by atoms with Crippen molar-refractivity contribution in [2.75, 3.05) is 5.32 Å². The third kappa shape index (κ3) is 3.50. The first-order valence-electron chi connectivity index (χ1n) is 8.90. The van der Waals surface area contributed by atoms with Crippen LogP contribution >= 0.6 is 11.6 Å². The number of fused-ring (bicyclic) bond motifs is 1. The van der Waals surface area contributed by atoms with Crippen molar-refractivity contribution < 1.29 is 14.7 Å². The molecule has 1 aliphatic carbocycles. The average Bonchev–Trinajstić information content (AvgIpc) is 3.28. The Balaban J connectivity index is 1.64. The topological polar surface area (TPSA) is 120 Å². The highest BCUT2D eigenvalue weighted by Gasteiger charge is 2.27. The molecule has 4 N–H and O–H groups in total. The fourth-order valence-electron chi connectivity index (χ4n) is 3.65. The summed E-state index contributed by atoms with van der Waals surface area (Å²) in [5.41, 5.74) is 1.39. The fourth-order valence-corrected chi connectivity index (χ4v) is 3.88. The molecule has 9 heteroatoms. The normalized spacial score (nSPS) is 18.9. The Labute approximate surface area is 165 Å². The molecule has 28 heavy (non-hydrogen) atoms. The number of nitrogens with zero attached hydrogens (tertiary/aromatic N) is 2. The maximum absolute atomic E-state index is 13.0. The Hall–Kier alpha value is -3.13. The number of benzene rings is 1. The van der Waals surface area contributed by atoms with E-state index in [0.29, 0.717) is 39.4 Å². The van der Waals surface area contributed by atoms with Crippen LogP contribution in [0.2, 0.25) is 5.02 Å². The third-order valence-corrected chi connectivity index (χ3v) is 5.26. The van der Waals surface area contributed by atoms with Crippen LogP contribution in [-0.2, 0) is 0 Å². The molecule has 1 amide bonds. The van der Waals surface area contributed by atoms with Crippen molar-refractivity contribution >= 4 is 40.3 Å². The van der Waals surface area contributed by atoms with Gasteiger partial charge in [-0.15, -0.1) is 0 Å². The van der Waals surface area contributed by atoms with E-state index in [1.165, 1.54) is 6.33 Å². The molecule has 0 unspecified atom stereocenters. The van der Waals surface area contributed by atoms with Gasteiger partial charge in [0, 0.05) is 23.8 Å². The van der Waals surface area contributed by atoms with Gasteiger partial charge in [-0.05, 0) is 31.4 Å². The quantitative estimate of drug-likeness (QED) is 0.488. The van der Waals surface area contributed by atoms with E-state index < -0.39 is 6.09 Å². The lowest BCUT2D eigenvalue weighted by Gasteiger charge is -2.15. The number of rotatable bonds is 5. The summed E-state index contributed by atoms with van der Waals surface area (Å²) in [6, 6.07) is 6.84. The SMILES string of the molecule is O=C(O)N[C@H]1CC[C@@H](Nc2ncnc3[nH]cc(C(=O)c4ccccc4Cl)c23)C1. The van der Waals surface area contributed by atoms with Crippen LogP contribution in [0.3, 0.4) is 0 Å². The van der Waals surface area contributed by atoms with Gasteiger partial charge in [-0.25, -0.2) is 14.8 Å². The van der Waals surface area contributed by atoms with Crippen molar-refractivity contribution in [3.8, 4) is 0 Å². The van der Waals surface area contributed by atoms with E-state index in [9.17, 15) is 9.59 Å². The van der Waals surface area contributed by atoms with Gasteiger partial charge in [-0.3, -0.25) is 4.79 Å². The summed E-state index contributed by atoms with van der Waals surface area (Å²) >= 11 is 6.19. The number of ketones is 1. The maximum Gasteiger partial charge on any atom is 0.404 e. The lowest BCUT2D eigenvalue weighted by atomic mass is 10.0. The van der Waals surface area contributed by atoms with E-state index in [2.05, 4.69) is 25.6 Å². The van der Waals surface area contributed by atoms with E-state index >= 15 is 0 Å². The Morgan fingerprint density at radius 2 is 1.93 bits per heavy atom. The number of aromatic nitrogens is 3. The highest BCUT2D eigenvalue weighted by atomic mass is 35.5. The lowest BCUT2D eigenvalue weighted by molar-refractivity contribution is 0.104. The zero-order chi connectivity index (χ0) is 19.7. The number of carboxylic acid groups (broad SMARTS) is 1. The van der Waals surface area contributed by atoms with Crippen molar-refractivity contribution in [3.05, 3.63) is 52.9 Å². The largest absolute Gasteiger partial charge is 0.465 e. The standard InChI is InChI=1S/C19H18ClN5O3/c20-14-4-2-1-3-12(14)16(26)13-8-21-17-15(13)18(23-9-22-17)24-10-5-6-11(7-10)25-19(27)28/h1-4,8-11,25H,5-7H2,(H,27,28)(H2,21,22,23,24)/t10-,11+/m1/s1. The van der Waals surface area contributed by atoms with E-state index in [-0.39, 0.29) is 17.9 Å². The second-order valence-electron chi connectivity index (χ2n) is 6.76. The number of anilines is 1. The molecule has 2 heterocycles. The minimum absolute atomic E-state index is 0.0492. The molecule has 1 aromatic carbocycles. The molecule has 2 aromatic heterocycles. The molecule has 8 nitrogen and oxygen atoms in total. The van der Waals surface area contributed by atoms with Crippen molar-refractivity contribution in [2.24, 2.45) is 0 Å². The molecule has 144 valence electrons. The van der Waals surface area contributed by atoms with E-state index in [4.69, 9.17) is 16.7 Å². The molecule has 0 radical (unpaired) electrons. The Bertz CT molecular complexity index is 1050. The highest BCUT2D eigenvalue weighted by Crippen LogP contribution is 2.30. The molecule has 1 saturated carbocycles. The smallest absolute Gasteiger partial charge is 0.404 e. The molecule has 1 fully saturated rings. The van der Waals surface area contributed by atoms with Gasteiger partial charge in [0.25, 0.3) is 0 Å². The van der Waals surface area contributed by atoms with Crippen LogP contribution < -0.4 is 10.6 Å². The predicted molar refractivity (Wildman–Crippen MR) is 105 cm³/mol. The van der Waals surface area contributed by atoms with Crippen LogP contribution in [0, 0.1) is 0 Å². The van der Waals surface area contributed by atoms with Crippen molar-refractivity contribution in [2.45, 2.75) is 31.3 Å². The molecule has 0 aliphatic heterocycles. The van der Waals surface area contributed by atoms with E-state index in [1.54, 1.807) is 30.5 Å². The first kappa shape index (κ1) is 18.2. The zero-order valence-corrected chi connectivity index (χ0v) is 15.5. The van der Waals surface area contributed by atoms with Gasteiger partial charge in [0.2, 0.25) is 0 Å². The Morgan fingerprint density at radius 3 is 2.71 bits per heavy atom. The molecule has 0 bridgehead atoms. The van der Waals surface area contributed by atoms with Crippen LogP contribution in [0.4, 0.5) is 10.6 Å². The van der Waals surface area contributed by atoms with Crippen LogP contribution in [0.1, 0.15) is 35.2 Å². The predicted octanol–water partition coefficient (Wildman–Crippen LogP) is 3.44. The van der Waals surface area contributed by atoms with Crippen molar-refractivity contribution in [1.82, 2.24) is 20.3 Å². The average molecular weight is 400 g/mol. The molecule has 3 aromatic rings. The number of H-pyrrole nitrogens is 1. The summed E-state index contributed by atoms with van der Waals surface area (Å²) in [5, 5.41) is 15.7. The second kappa shape index (κ2) is 7.47. The summed E-state index contributed by atoms with van der Waals surface area (Å²) in [7, 11) is 0. The van der Waals surface area contributed by atoms with Crippen LogP contribution in [0.25, 0.3) is 11.0 Å². The molecule has 2 atom stereocenters. The van der Waals surface area contributed by atoms with Gasteiger partial charge in [0.05, 0.1) is 16.0 Å². The minimum Gasteiger partial charge on any atom is -0.465 e. The molecule has 1 aliphatic rings. The van der Waals surface area contributed by atoms with E-state index in [1.807, 2.05) is 0 Å². The van der Waals surface area contributed by atoms with Gasteiger partial charge < -0.3 is 20.7 Å². The van der Waals surface area contributed by atoms with Gasteiger partial charge in [0.1, 0.15) is 17.8 Å². The third-order valence-electron chi connectivity index (χ3n) is 4.93. The summed E-state index contributed by atoms with van der Waals surface area (Å²) in [4.78, 5) is 35.4. The second-order valence-corrected chi connectivity index (χ2v) is 7.17. The number of halogens is 1. The van der Waals surface area contributed by atoms with Crippen LogP contribution in [0.5, 0.6) is 0 Å². The fraction of sp³-hybridized carbons (Fsp3) is 0.263. The van der Waals surface area contributed by atoms with Gasteiger partial charge in [0.15, 0.2) is 5.78 Å². The number of aromatic amines is 1. The van der Waals surface area contributed by atoms with Gasteiger partial charge in [-0.2, -0.15) is 0 Å². The van der Waals surface area contributed by atoms with Crippen LogP contribution in [-0.4, -0.2) is 44.0 Å². The first-order chi connectivity index (χ1) is 13.5. The lowest BCUT2D eigenvalue weighted by Crippen LogP contribution is -2.32. The Morgan fingerprint density at radius 1 is 1.14 bits per heavy atom. The first-order valence-corrected chi connectivity index (χ1v) is 9.28. The monoisotopic (exact) mass is 399 g/mol. The molecular weight excluding hydrogens is 382 g/mol. The van der Waals surface area contributed by atoms with Crippen molar-refractivity contribution in [3.63, 3.8) is 0 Å². The molecule has 0 spiro atoms. The number of carbonyl (C=O) groups excluding carboxylic acids is 1. The minimum atomic E-state index is -1.02. The number of nitrogens with one attached hydrogen (secondary N) is 3. The zero-order valence-electron chi connectivity index (χ0n) is 14.8. The summed E-state index contributed by atoms with van der Waals surface area (Å²) in [6.07, 6.45) is 4.21. The van der Waals surface area contributed by atoms with Crippen LogP contribution in [0.15, 0.2) is 36.8 Å². The number of carbonyl (C=O) groups is 2. The van der Waals surface area contributed by atoms with Gasteiger partial charge >= 0.3 is 6.09 Å². The summed E-state index contributed by atoms with van der Waals surface area (Å²) in [5.74, 6) is 0.328. The van der Waals surface area contributed by atoms with E-state index in [0.717, 1.165) is 12.8 Å². The Kier molecular flexibility index (Phi) is 4.87. The summed E-state index contributed by atoms with van der Waals surface area (Å²) in [6.45, 7) is 0. The molecular formula is C19H18ClN5O3. The number of amides is 1. The number of hydrogen-bond acceptors (Lipinski definition) is 5. The highest BCUT2D eigenvalue weighted by molar-refractivity contribution is 6.35. The molecule has 0 saturated heterocycles. The number of hydrogen-bond donors (Lipinski definition) is 4. The van der Waals surface area contributed by atoms with Crippen molar-refractivity contribution in [1.29, 1.82) is 0 Å².